The van der Waals surface area contributed by atoms with Gasteiger partial charge in [0.25, 0.3) is 0 Å². The van der Waals surface area contributed by atoms with Crippen LogP contribution in [-0.2, 0) is 6.42 Å². The second-order valence-electron chi connectivity index (χ2n) is 5.50. The standard InChI is InChI=1S/C19H18ClFN2/c20-15-9-7-14(8-10-15)4-1-2-12-22-18-11-13-23-19-16(18)5-3-6-17(19)21/h3,5-11,13H,1-2,4,12H2,(H,22,23). The quantitative estimate of drug-likeness (QED) is 0.607. The van der Waals surface area contributed by atoms with Gasteiger partial charge in [0.2, 0.25) is 0 Å². The highest BCUT2D eigenvalue weighted by atomic mass is 35.5. The molecule has 0 amide bonds. The zero-order valence-electron chi connectivity index (χ0n) is 12.7. The van der Waals surface area contributed by atoms with Gasteiger partial charge in [-0.2, -0.15) is 0 Å². The van der Waals surface area contributed by atoms with Crippen molar-refractivity contribution in [1.82, 2.24) is 4.98 Å². The second-order valence-corrected chi connectivity index (χ2v) is 5.94. The van der Waals surface area contributed by atoms with Crippen LogP contribution in [0.25, 0.3) is 10.9 Å². The van der Waals surface area contributed by atoms with Crippen molar-refractivity contribution < 1.29 is 4.39 Å². The Morgan fingerprint density at radius 3 is 2.65 bits per heavy atom. The summed E-state index contributed by atoms with van der Waals surface area (Å²) in [5.74, 6) is -0.283. The molecule has 0 atom stereocenters. The molecule has 0 bridgehead atoms. The fourth-order valence-corrected chi connectivity index (χ4v) is 2.75. The highest BCUT2D eigenvalue weighted by molar-refractivity contribution is 6.30. The lowest BCUT2D eigenvalue weighted by molar-refractivity contribution is 0.637. The number of aromatic nitrogens is 1. The molecule has 0 radical (unpaired) electrons. The van der Waals surface area contributed by atoms with Gasteiger partial charge in [0.05, 0.1) is 0 Å². The average molecular weight is 329 g/mol. The van der Waals surface area contributed by atoms with E-state index in [1.165, 1.54) is 11.6 Å². The average Bonchev–Trinajstić information content (AvgIpc) is 2.57. The molecule has 1 heterocycles. The van der Waals surface area contributed by atoms with Crippen molar-refractivity contribution in [2.45, 2.75) is 19.3 Å². The third-order valence-electron chi connectivity index (χ3n) is 3.84. The lowest BCUT2D eigenvalue weighted by Gasteiger charge is -2.09. The smallest absolute Gasteiger partial charge is 0.149 e. The van der Waals surface area contributed by atoms with Crippen LogP contribution in [-0.4, -0.2) is 11.5 Å². The fourth-order valence-electron chi connectivity index (χ4n) is 2.62. The number of para-hydroxylation sites is 1. The third-order valence-corrected chi connectivity index (χ3v) is 4.09. The molecule has 2 aromatic carbocycles. The van der Waals surface area contributed by atoms with E-state index in [0.29, 0.717) is 5.52 Å². The number of rotatable bonds is 6. The van der Waals surface area contributed by atoms with E-state index in [1.54, 1.807) is 12.3 Å². The first-order chi connectivity index (χ1) is 11.2. The Kier molecular flexibility index (Phi) is 5.09. The summed E-state index contributed by atoms with van der Waals surface area (Å²) in [6.07, 6.45) is 4.81. The van der Waals surface area contributed by atoms with Gasteiger partial charge in [-0.15, -0.1) is 0 Å². The first kappa shape index (κ1) is 15.8. The molecule has 1 N–H and O–H groups in total. The molecule has 1 aromatic heterocycles. The van der Waals surface area contributed by atoms with Gasteiger partial charge < -0.3 is 5.32 Å². The normalized spacial score (nSPS) is 10.9. The summed E-state index contributed by atoms with van der Waals surface area (Å²) in [6, 6.07) is 14.9. The number of unbranched alkanes of at least 4 members (excludes halogenated alkanes) is 1. The molecule has 3 aromatic rings. The molecule has 0 aliphatic rings. The molecule has 0 saturated carbocycles. The molecule has 23 heavy (non-hydrogen) atoms. The van der Waals surface area contributed by atoms with Crippen LogP contribution in [0.2, 0.25) is 5.02 Å². The number of nitrogens with zero attached hydrogens (tertiary/aromatic N) is 1. The van der Waals surface area contributed by atoms with Crippen molar-refractivity contribution in [2.75, 3.05) is 11.9 Å². The molecule has 2 nitrogen and oxygen atoms in total. The minimum Gasteiger partial charge on any atom is -0.384 e. The Morgan fingerprint density at radius 1 is 1.00 bits per heavy atom. The van der Waals surface area contributed by atoms with Gasteiger partial charge in [-0.25, -0.2) is 4.39 Å². The van der Waals surface area contributed by atoms with Gasteiger partial charge in [0, 0.05) is 28.8 Å². The summed E-state index contributed by atoms with van der Waals surface area (Å²) in [4.78, 5) is 4.11. The number of anilines is 1. The number of pyridine rings is 1. The van der Waals surface area contributed by atoms with Crippen molar-refractivity contribution in [3.63, 3.8) is 0 Å². The van der Waals surface area contributed by atoms with Crippen LogP contribution in [0, 0.1) is 5.82 Å². The maximum absolute atomic E-state index is 13.7. The fraction of sp³-hybridized carbons (Fsp3) is 0.211. The van der Waals surface area contributed by atoms with E-state index < -0.39 is 0 Å². The zero-order valence-corrected chi connectivity index (χ0v) is 13.5. The molecule has 0 unspecified atom stereocenters. The van der Waals surface area contributed by atoms with Crippen molar-refractivity contribution in [2.24, 2.45) is 0 Å². The van der Waals surface area contributed by atoms with Gasteiger partial charge in [-0.1, -0.05) is 35.9 Å². The predicted octanol–water partition coefficient (Wildman–Crippen LogP) is 5.46. The SMILES string of the molecule is Fc1cccc2c(NCCCCc3ccc(Cl)cc3)ccnc12. The third kappa shape index (κ3) is 3.99. The van der Waals surface area contributed by atoms with Crippen LogP contribution in [0.4, 0.5) is 10.1 Å². The van der Waals surface area contributed by atoms with E-state index in [1.807, 2.05) is 24.3 Å². The van der Waals surface area contributed by atoms with E-state index in [0.717, 1.165) is 41.9 Å². The van der Waals surface area contributed by atoms with Crippen LogP contribution in [0.1, 0.15) is 18.4 Å². The largest absolute Gasteiger partial charge is 0.384 e. The summed E-state index contributed by atoms with van der Waals surface area (Å²) < 4.78 is 13.7. The van der Waals surface area contributed by atoms with Crippen molar-refractivity contribution in [3.05, 3.63) is 71.1 Å². The van der Waals surface area contributed by atoms with Gasteiger partial charge in [0.15, 0.2) is 0 Å². The van der Waals surface area contributed by atoms with E-state index in [4.69, 9.17) is 11.6 Å². The molecule has 0 spiro atoms. The predicted molar refractivity (Wildman–Crippen MR) is 94.6 cm³/mol. The van der Waals surface area contributed by atoms with Crippen LogP contribution in [0.3, 0.4) is 0 Å². The number of hydrogen-bond acceptors (Lipinski definition) is 2. The molecule has 4 heteroatoms. The monoisotopic (exact) mass is 328 g/mol. The lowest BCUT2D eigenvalue weighted by atomic mass is 10.1. The molecular formula is C19H18ClFN2. The Morgan fingerprint density at radius 2 is 1.83 bits per heavy atom. The topological polar surface area (TPSA) is 24.9 Å². The highest BCUT2D eigenvalue weighted by Crippen LogP contribution is 2.23. The Labute approximate surface area is 140 Å². The van der Waals surface area contributed by atoms with Crippen molar-refractivity contribution in [1.29, 1.82) is 0 Å². The highest BCUT2D eigenvalue weighted by Gasteiger charge is 2.05. The van der Waals surface area contributed by atoms with E-state index in [2.05, 4.69) is 22.4 Å². The molecule has 0 aliphatic carbocycles. The summed E-state index contributed by atoms with van der Waals surface area (Å²) in [5, 5.41) is 4.98. The minimum absolute atomic E-state index is 0.283. The number of nitrogens with one attached hydrogen (secondary N) is 1. The first-order valence-electron chi connectivity index (χ1n) is 7.75. The number of benzene rings is 2. The Hall–Kier alpha value is -2.13. The minimum atomic E-state index is -0.283. The van der Waals surface area contributed by atoms with Gasteiger partial charge in [-0.3, -0.25) is 4.98 Å². The van der Waals surface area contributed by atoms with Crippen molar-refractivity contribution >= 4 is 28.2 Å². The first-order valence-corrected chi connectivity index (χ1v) is 8.13. The summed E-state index contributed by atoms with van der Waals surface area (Å²) in [6.45, 7) is 0.850. The van der Waals surface area contributed by atoms with Crippen LogP contribution in [0.15, 0.2) is 54.7 Å². The van der Waals surface area contributed by atoms with Crippen LogP contribution < -0.4 is 5.32 Å². The van der Waals surface area contributed by atoms with Gasteiger partial charge >= 0.3 is 0 Å². The van der Waals surface area contributed by atoms with E-state index in [9.17, 15) is 4.39 Å². The molecular weight excluding hydrogens is 311 g/mol. The number of hydrogen-bond donors (Lipinski definition) is 1. The molecule has 0 aliphatic heterocycles. The zero-order chi connectivity index (χ0) is 16.1. The van der Waals surface area contributed by atoms with Crippen LogP contribution >= 0.6 is 11.6 Å². The Bertz CT molecular complexity index is 787. The Balaban J connectivity index is 1.53. The van der Waals surface area contributed by atoms with E-state index in [-0.39, 0.29) is 5.82 Å². The maximum atomic E-state index is 13.7. The summed E-state index contributed by atoms with van der Waals surface area (Å²) in [7, 11) is 0. The van der Waals surface area contributed by atoms with Crippen molar-refractivity contribution in [3.8, 4) is 0 Å². The number of aryl methyl sites for hydroxylation is 1. The van der Waals surface area contributed by atoms with Gasteiger partial charge in [-0.05, 0) is 49.1 Å². The van der Waals surface area contributed by atoms with Crippen LogP contribution in [0.5, 0.6) is 0 Å². The number of fused-ring (bicyclic) bond motifs is 1. The second kappa shape index (κ2) is 7.42. The molecule has 0 saturated heterocycles. The molecule has 0 fully saturated rings. The summed E-state index contributed by atoms with van der Waals surface area (Å²) in [5.41, 5.74) is 2.64. The molecule has 3 rings (SSSR count). The van der Waals surface area contributed by atoms with Gasteiger partial charge in [0.1, 0.15) is 11.3 Å². The molecule has 118 valence electrons. The summed E-state index contributed by atoms with van der Waals surface area (Å²) >= 11 is 5.88. The lowest BCUT2D eigenvalue weighted by Crippen LogP contribution is -2.03. The maximum Gasteiger partial charge on any atom is 0.149 e. The van der Waals surface area contributed by atoms with E-state index >= 15 is 0 Å². The number of halogens is 2.